The Labute approximate surface area is 516 Å². The lowest BCUT2D eigenvalue weighted by Crippen LogP contribution is -2.45. The van der Waals surface area contributed by atoms with Crippen LogP contribution in [0.15, 0.2) is 182 Å². The number of hydrogen-bond acceptors (Lipinski definition) is 6. The number of aliphatic hydroxyl groups is 1. The molecule has 0 aliphatic rings. The van der Waals surface area contributed by atoms with Crippen LogP contribution in [0.2, 0.25) is 0 Å². The third-order valence-electron chi connectivity index (χ3n) is 13.6. The van der Waals surface area contributed by atoms with Crippen LogP contribution in [0, 0.1) is 0 Å². The minimum Gasteiger partial charge on any atom is -0.756 e. The molecule has 3 unspecified atom stereocenters. The number of quaternary nitrogens is 1. The predicted molar refractivity (Wildman–Crippen MR) is 366 cm³/mol. The maximum absolute atomic E-state index is 13.0. The van der Waals surface area contributed by atoms with Gasteiger partial charge in [-0.1, -0.05) is 273 Å². The van der Waals surface area contributed by atoms with Gasteiger partial charge >= 0.3 is 0 Å². The molecule has 0 spiro atoms. The monoisotopic (exact) mass is 1180 g/mol. The molecule has 2 N–H and O–H groups in total. The summed E-state index contributed by atoms with van der Waals surface area (Å²) < 4.78 is 23.3. The zero-order valence-corrected chi connectivity index (χ0v) is 54.9. The molecule has 84 heavy (non-hydrogen) atoms. The molecule has 474 valence electrons. The Kier molecular flexibility index (Phi) is 59.8. The van der Waals surface area contributed by atoms with Crippen LogP contribution >= 0.6 is 7.82 Å². The van der Waals surface area contributed by atoms with Crippen LogP contribution in [0.25, 0.3) is 0 Å². The standard InChI is InChI=1S/C75H123N2O6P/c1-6-8-10-12-14-16-18-20-22-24-26-28-29-30-31-32-33-34-35-36-37-38-39-40-41-42-43-44-45-46-47-49-51-53-55-57-59-61-63-65-67-69-75(79)76-73(72-83-84(80,81)82-71-70-77(3,4)5)74(78)68-66-64-62-60-58-56-54-52-50-48-27-25-23-21-19-17-15-13-11-9-7-2/h8,10,14,16,20,22,26,28,30-31,33-34,36-37,39-40,42-43,45-46,49-52,55,57-58,60,66,68,73-74,78H,6-7,9,11-13,15,17-19,21,23-25,27,29,32,35,38,41,44,47-48,53-54,56,59,61-65,67,69-72H2,1-5H3,(H-,76,79,80,81)/b10-8-,16-14-,22-20-,28-26-,31-30-,34-33-,37-36-,40-39-,43-42-,46-45-,51-49-,52-50+,57-55-,60-58+,68-66+. The van der Waals surface area contributed by atoms with Crippen molar-refractivity contribution in [1.82, 2.24) is 5.32 Å². The fourth-order valence-electron chi connectivity index (χ4n) is 8.46. The van der Waals surface area contributed by atoms with Crippen LogP contribution in [-0.2, 0) is 18.4 Å². The average Bonchev–Trinajstić information content (AvgIpc) is 3.56. The lowest BCUT2D eigenvalue weighted by Gasteiger charge is -2.29. The summed E-state index contributed by atoms with van der Waals surface area (Å²) >= 11 is 0. The summed E-state index contributed by atoms with van der Waals surface area (Å²) in [6.07, 6.45) is 101. The normalized spacial score (nSPS) is 14.9. The highest BCUT2D eigenvalue weighted by molar-refractivity contribution is 7.45. The Bertz CT molecular complexity index is 2020. The number of carbonyl (C=O) groups is 1. The second kappa shape index (κ2) is 63.1. The van der Waals surface area contributed by atoms with Crippen LogP contribution in [0.4, 0.5) is 0 Å². The number of allylic oxidation sites excluding steroid dienone is 29. The summed E-state index contributed by atoms with van der Waals surface area (Å²) in [5.41, 5.74) is 0. The molecule has 0 heterocycles. The summed E-state index contributed by atoms with van der Waals surface area (Å²) in [7, 11) is 1.19. The van der Waals surface area contributed by atoms with E-state index in [1.54, 1.807) is 6.08 Å². The van der Waals surface area contributed by atoms with Crippen LogP contribution in [0.3, 0.4) is 0 Å². The van der Waals surface area contributed by atoms with E-state index >= 15 is 0 Å². The first-order chi connectivity index (χ1) is 41.0. The maximum Gasteiger partial charge on any atom is 0.268 e. The van der Waals surface area contributed by atoms with Gasteiger partial charge in [-0.25, -0.2) is 0 Å². The quantitative estimate of drug-likeness (QED) is 0.0272. The van der Waals surface area contributed by atoms with E-state index in [9.17, 15) is 19.4 Å². The van der Waals surface area contributed by atoms with Gasteiger partial charge in [0.15, 0.2) is 0 Å². The number of unbranched alkanes of at least 4 members (excludes halogenated alkanes) is 17. The van der Waals surface area contributed by atoms with Gasteiger partial charge in [-0.05, 0) is 135 Å². The predicted octanol–water partition coefficient (Wildman–Crippen LogP) is 20.7. The van der Waals surface area contributed by atoms with Crippen molar-refractivity contribution in [3.05, 3.63) is 182 Å². The summed E-state index contributed by atoms with van der Waals surface area (Å²) in [5.74, 6) is -0.243. The summed E-state index contributed by atoms with van der Waals surface area (Å²) in [4.78, 5) is 25.6. The van der Waals surface area contributed by atoms with Gasteiger partial charge in [0.2, 0.25) is 5.91 Å². The zero-order valence-electron chi connectivity index (χ0n) is 54.0. The van der Waals surface area contributed by atoms with Crippen molar-refractivity contribution < 1.29 is 32.9 Å². The van der Waals surface area contributed by atoms with E-state index in [1.807, 2.05) is 27.2 Å². The summed E-state index contributed by atoms with van der Waals surface area (Å²) in [6, 6.07) is -0.939. The molecule has 0 rings (SSSR count). The number of nitrogens with one attached hydrogen (secondary N) is 1. The van der Waals surface area contributed by atoms with Crippen LogP contribution in [0.1, 0.15) is 232 Å². The lowest BCUT2D eigenvalue weighted by atomic mass is 10.1. The third-order valence-corrected chi connectivity index (χ3v) is 14.5. The highest BCUT2D eigenvalue weighted by atomic mass is 31.2. The first-order valence-electron chi connectivity index (χ1n) is 33.1. The Balaban J connectivity index is 4.28. The number of likely N-dealkylation sites (N-methyl/N-ethyl adjacent to an activating group) is 1. The molecule has 0 radical (unpaired) electrons. The fraction of sp³-hybridized carbons (Fsp3) is 0.587. The van der Waals surface area contributed by atoms with Gasteiger partial charge in [0.1, 0.15) is 13.2 Å². The summed E-state index contributed by atoms with van der Waals surface area (Å²) in [5, 5.41) is 13.9. The van der Waals surface area contributed by atoms with E-state index in [-0.39, 0.29) is 18.9 Å². The molecule has 0 aliphatic heterocycles. The zero-order chi connectivity index (χ0) is 61.2. The molecule has 1 amide bonds. The molecule has 0 aromatic heterocycles. The number of amides is 1. The smallest absolute Gasteiger partial charge is 0.268 e. The second-order valence-electron chi connectivity index (χ2n) is 22.7. The SMILES string of the molecule is CC/C=C\C/C=C\C/C=C\C/C=C\C/C=C\C/C=C\C/C=C\C/C=C\C/C=C\C/C=C\C/C=C\C/C=C\CCCCCCC(=O)NC(COP(=O)([O-])OCC[N+](C)(C)C)C(O)/C=C/CC/C=C/CC/C=C/CCCCCCCCCCCCC. The molecular weight excluding hydrogens is 1060 g/mol. The van der Waals surface area contributed by atoms with Gasteiger partial charge in [-0.15, -0.1) is 0 Å². The molecule has 9 heteroatoms. The molecule has 0 bridgehead atoms. The molecule has 0 aromatic carbocycles. The minimum absolute atomic E-state index is 0.0242. The molecule has 0 fully saturated rings. The second-order valence-corrected chi connectivity index (χ2v) is 24.1. The van der Waals surface area contributed by atoms with Crippen molar-refractivity contribution >= 4 is 13.7 Å². The Morgan fingerprint density at radius 3 is 1.11 bits per heavy atom. The van der Waals surface area contributed by atoms with Crippen molar-refractivity contribution in [2.24, 2.45) is 0 Å². The largest absolute Gasteiger partial charge is 0.756 e. The highest BCUT2D eigenvalue weighted by Crippen LogP contribution is 2.38. The molecule has 0 saturated carbocycles. The van der Waals surface area contributed by atoms with E-state index in [1.165, 1.54) is 77.0 Å². The van der Waals surface area contributed by atoms with Gasteiger partial charge < -0.3 is 28.8 Å². The highest BCUT2D eigenvalue weighted by Gasteiger charge is 2.23. The number of hydrogen-bond donors (Lipinski definition) is 2. The minimum atomic E-state index is -4.63. The number of carbonyl (C=O) groups excluding carboxylic acids is 1. The van der Waals surface area contributed by atoms with Gasteiger partial charge in [0.05, 0.1) is 39.9 Å². The van der Waals surface area contributed by atoms with Gasteiger partial charge in [-0.3, -0.25) is 9.36 Å². The fourth-order valence-corrected chi connectivity index (χ4v) is 9.18. The van der Waals surface area contributed by atoms with Crippen LogP contribution in [0.5, 0.6) is 0 Å². The van der Waals surface area contributed by atoms with Crippen molar-refractivity contribution in [2.75, 3.05) is 40.9 Å². The molecule has 0 aliphatic carbocycles. The van der Waals surface area contributed by atoms with E-state index in [2.05, 4.69) is 189 Å². The number of phosphoric acid groups is 1. The molecule has 8 nitrogen and oxygen atoms in total. The van der Waals surface area contributed by atoms with Gasteiger partial charge in [0, 0.05) is 6.42 Å². The van der Waals surface area contributed by atoms with Gasteiger partial charge in [0.25, 0.3) is 7.82 Å². The maximum atomic E-state index is 13.0. The van der Waals surface area contributed by atoms with E-state index in [4.69, 9.17) is 9.05 Å². The topological polar surface area (TPSA) is 108 Å². The van der Waals surface area contributed by atoms with Crippen molar-refractivity contribution in [2.45, 2.75) is 244 Å². The molecule has 3 atom stereocenters. The Hall–Kier alpha value is -4.40. The Morgan fingerprint density at radius 1 is 0.429 bits per heavy atom. The average molecular weight is 1180 g/mol. The first-order valence-corrected chi connectivity index (χ1v) is 34.6. The number of aliphatic hydroxyl groups excluding tert-OH is 1. The lowest BCUT2D eigenvalue weighted by molar-refractivity contribution is -0.870. The number of rotatable bonds is 58. The van der Waals surface area contributed by atoms with Crippen molar-refractivity contribution in [3.8, 4) is 0 Å². The van der Waals surface area contributed by atoms with Crippen LogP contribution in [-0.4, -0.2) is 68.5 Å². The number of phosphoric ester groups is 1. The summed E-state index contributed by atoms with van der Waals surface area (Å²) in [6.45, 7) is 4.47. The van der Waals surface area contributed by atoms with Crippen LogP contribution < -0.4 is 10.2 Å². The molecule has 0 saturated heterocycles. The molecule has 0 aromatic rings. The van der Waals surface area contributed by atoms with E-state index < -0.39 is 26.6 Å². The van der Waals surface area contributed by atoms with E-state index in [0.717, 1.165) is 122 Å². The molecular formula is C75H123N2O6P. The van der Waals surface area contributed by atoms with Crippen molar-refractivity contribution in [3.63, 3.8) is 0 Å². The number of nitrogens with zero attached hydrogens (tertiary/aromatic N) is 1. The first kappa shape index (κ1) is 79.6. The van der Waals surface area contributed by atoms with E-state index in [0.29, 0.717) is 23.9 Å². The van der Waals surface area contributed by atoms with Gasteiger partial charge in [-0.2, -0.15) is 0 Å². The third kappa shape index (κ3) is 65.1. The Morgan fingerprint density at radius 2 is 0.738 bits per heavy atom. The van der Waals surface area contributed by atoms with Crippen molar-refractivity contribution in [1.29, 1.82) is 0 Å².